The summed E-state index contributed by atoms with van der Waals surface area (Å²) in [4.78, 5) is 2.35. The molecule has 138 valence electrons. The van der Waals surface area contributed by atoms with Crippen molar-refractivity contribution < 1.29 is 9.13 Å². The second-order valence-corrected chi connectivity index (χ2v) is 6.92. The molecular weight excluding hydrogens is 373 g/mol. The lowest BCUT2D eigenvalue weighted by Gasteiger charge is -2.31. The number of morpholine rings is 1. The first kappa shape index (κ1) is 19.0. The van der Waals surface area contributed by atoms with Crippen LogP contribution in [0.5, 0.6) is 0 Å². The number of nitrogens with zero attached hydrogens (tertiary/aromatic N) is 1. The summed E-state index contributed by atoms with van der Waals surface area (Å²) in [5, 5.41) is 6.97. The van der Waals surface area contributed by atoms with Crippen LogP contribution in [-0.2, 0) is 4.74 Å². The predicted octanol–water partition coefficient (Wildman–Crippen LogP) is 3.84. The minimum atomic E-state index is -0.453. The Labute approximate surface area is 163 Å². The van der Waals surface area contributed by atoms with Crippen LogP contribution in [0.25, 0.3) is 0 Å². The van der Waals surface area contributed by atoms with E-state index in [1.54, 1.807) is 6.07 Å². The maximum absolute atomic E-state index is 13.3. The third-order valence-electron chi connectivity index (χ3n) is 4.23. The van der Waals surface area contributed by atoms with Crippen LogP contribution in [0, 0.1) is 5.82 Å². The summed E-state index contributed by atoms with van der Waals surface area (Å²) in [6.45, 7) is 4.12. The molecule has 2 N–H and O–H groups in total. The van der Waals surface area contributed by atoms with E-state index in [1.165, 1.54) is 12.1 Å². The molecule has 1 heterocycles. The van der Waals surface area contributed by atoms with Gasteiger partial charge in [0, 0.05) is 25.3 Å². The van der Waals surface area contributed by atoms with E-state index in [0.717, 1.165) is 38.4 Å². The van der Waals surface area contributed by atoms with Gasteiger partial charge < -0.3 is 15.4 Å². The highest BCUT2D eigenvalue weighted by molar-refractivity contribution is 7.80. The van der Waals surface area contributed by atoms with Crippen LogP contribution in [0.2, 0.25) is 5.02 Å². The zero-order valence-electron chi connectivity index (χ0n) is 14.3. The van der Waals surface area contributed by atoms with Crippen molar-refractivity contribution in [3.05, 3.63) is 64.9 Å². The minimum Gasteiger partial charge on any atom is -0.379 e. The Hall–Kier alpha value is -1.73. The summed E-state index contributed by atoms with van der Waals surface area (Å²) in [5.41, 5.74) is 1.80. The van der Waals surface area contributed by atoms with Crippen LogP contribution in [-0.4, -0.2) is 42.9 Å². The first-order chi connectivity index (χ1) is 12.6. The van der Waals surface area contributed by atoms with Crippen molar-refractivity contribution in [1.29, 1.82) is 0 Å². The predicted molar refractivity (Wildman–Crippen MR) is 107 cm³/mol. The highest BCUT2D eigenvalue weighted by atomic mass is 35.5. The van der Waals surface area contributed by atoms with Gasteiger partial charge in [-0.1, -0.05) is 41.9 Å². The number of thiocarbonyl (C=S) groups is 1. The van der Waals surface area contributed by atoms with Gasteiger partial charge in [-0.15, -0.1) is 0 Å². The molecule has 1 aliphatic heterocycles. The van der Waals surface area contributed by atoms with Gasteiger partial charge in [-0.25, -0.2) is 4.39 Å². The molecular formula is C19H21ClFN3OS. The normalized spacial score (nSPS) is 16.1. The smallest absolute Gasteiger partial charge is 0.171 e. The lowest BCUT2D eigenvalue weighted by molar-refractivity contribution is 0.0344. The summed E-state index contributed by atoms with van der Waals surface area (Å²) < 4.78 is 18.7. The van der Waals surface area contributed by atoms with Crippen LogP contribution in [0.3, 0.4) is 0 Å². The number of hydrogen-bond acceptors (Lipinski definition) is 3. The minimum absolute atomic E-state index is 0.0326. The Morgan fingerprint density at radius 2 is 1.92 bits per heavy atom. The van der Waals surface area contributed by atoms with Crippen molar-refractivity contribution in [2.75, 3.05) is 38.2 Å². The number of nitrogens with one attached hydrogen (secondary N) is 2. The van der Waals surface area contributed by atoms with Crippen molar-refractivity contribution in [2.45, 2.75) is 6.04 Å². The van der Waals surface area contributed by atoms with Gasteiger partial charge in [-0.2, -0.15) is 0 Å². The lowest BCUT2D eigenvalue weighted by Crippen LogP contribution is -2.44. The summed E-state index contributed by atoms with van der Waals surface area (Å²) in [7, 11) is 0. The zero-order valence-corrected chi connectivity index (χ0v) is 15.8. The summed E-state index contributed by atoms with van der Waals surface area (Å²) in [5.74, 6) is -0.453. The fourth-order valence-electron chi connectivity index (χ4n) is 2.86. The number of hydrogen-bond donors (Lipinski definition) is 2. The largest absolute Gasteiger partial charge is 0.379 e. The quantitative estimate of drug-likeness (QED) is 0.755. The van der Waals surface area contributed by atoms with Crippen LogP contribution in [0.15, 0.2) is 48.5 Å². The molecule has 0 aliphatic carbocycles. The third-order valence-corrected chi connectivity index (χ3v) is 4.74. The Kier molecular flexibility index (Phi) is 6.80. The van der Waals surface area contributed by atoms with E-state index in [0.29, 0.717) is 10.8 Å². The topological polar surface area (TPSA) is 36.5 Å². The average Bonchev–Trinajstić information content (AvgIpc) is 2.66. The summed E-state index contributed by atoms with van der Waals surface area (Å²) in [6.07, 6.45) is 0. The third kappa shape index (κ3) is 5.38. The lowest BCUT2D eigenvalue weighted by atomic mass is 10.1. The molecule has 2 aromatic carbocycles. The first-order valence-electron chi connectivity index (χ1n) is 8.49. The molecule has 0 radical (unpaired) electrons. The van der Waals surface area contributed by atoms with E-state index in [9.17, 15) is 4.39 Å². The maximum Gasteiger partial charge on any atom is 0.171 e. The molecule has 1 aliphatic rings. The molecule has 1 atom stereocenters. The van der Waals surface area contributed by atoms with Gasteiger partial charge in [0.05, 0.1) is 24.3 Å². The van der Waals surface area contributed by atoms with E-state index >= 15 is 0 Å². The van der Waals surface area contributed by atoms with Crippen molar-refractivity contribution in [1.82, 2.24) is 10.2 Å². The van der Waals surface area contributed by atoms with Gasteiger partial charge >= 0.3 is 0 Å². The molecule has 1 saturated heterocycles. The summed E-state index contributed by atoms with van der Waals surface area (Å²) >= 11 is 11.3. The van der Waals surface area contributed by atoms with Gasteiger partial charge in [0.2, 0.25) is 0 Å². The van der Waals surface area contributed by atoms with Gasteiger partial charge in [0.15, 0.2) is 5.11 Å². The second-order valence-electron chi connectivity index (χ2n) is 6.10. The number of ether oxygens (including phenoxy) is 1. The molecule has 4 nitrogen and oxygen atoms in total. The van der Waals surface area contributed by atoms with Gasteiger partial charge in [0.1, 0.15) is 5.82 Å². The van der Waals surface area contributed by atoms with Crippen molar-refractivity contribution in [3.63, 3.8) is 0 Å². The Morgan fingerprint density at radius 1 is 1.19 bits per heavy atom. The molecule has 7 heteroatoms. The van der Waals surface area contributed by atoms with Gasteiger partial charge in [0.25, 0.3) is 0 Å². The van der Waals surface area contributed by atoms with E-state index in [2.05, 4.69) is 27.7 Å². The fraction of sp³-hybridized carbons (Fsp3) is 0.316. The van der Waals surface area contributed by atoms with Crippen molar-refractivity contribution >= 4 is 34.6 Å². The van der Waals surface area contributed by atoms with Crippen LogP contribution in [0.1, 0.15) is 11.6 Å². The molecule has 0 unspecified atom stereocenters. The van der Waals surface area contributed by atoms with E-state index in [1.807, 2.05) is 18.2 Å². The van der Waals surface area contributed by atoms with E-state index in [4.69, 9.17) is 28.6 Å². The Morgan fingerprint density at radius 3 is 2.62 bits per heavy atom. The van der Waals surface area contributed by atoms with E-state index in [-0.39, 0.29) is 11.1 Å². The Bertz CT molecular complexity index is 741. The van der Waals surface area contributed by atoms with E-state index < -0.39 is 5.82 Å². The molecule has 0 aromatic heterocycles. The standard InChI is InChI=1S/C19H21ClFN3OS/c20-16-12-15(6-7-17(16)21)22-19(26)23-18(14-4-2-1-3-5-14)13-24-8-10-25-11-9-24/h1-7,12,18H,8-11,13H2,(H2,22,23,26)/t18-/m1/s1. The van der Waals surface area contributed by atoms with Crippen molar-refractivity contribution in [3.8, 4) is 0 Å². The number of anilines is 1. The molecule has 0 saturated carbocycles. The highest BCUT2D eigenvalue weighted by Gasteiger charge is 2.19. The van der Waals surface area contributed by atoms with Gasteiger partial charge in [-0.3, -0.25) is 4.90 Å². The molecule has 0 spiro atoms. The molecule has 0 amide bonds. The first-order valence-corrected chi connectivity index (χ1v) is 9.28. The average molecular weight is 394 g/mol. The van der Waals surface area contributed by atoms with Gasteiger partial charge in [-0.05, 0) is 36.0 Å². The fourth-order valence-corrected chi connectivity index (χ4v) is 3.30. The number of rotatable bonds is 5. The molecule has 1 fully saturated rings. The molecule has 26 heavy (non-hydrogen) atoms. The van der Waals surface area contributed by atoms with Crippen molar-refractivity contribution in [2.24, 2.45) is 0 Å². The maximum atomic E-state index is 13.3. The van der Waals surface area contributed by atoms with Crippen LogP contribution in [0.4, 0.5) is 10.1 Å². The van der Waals surface area contributed by atoms with Crippen LogP contribution < -0.4 is 10.6 Å². The summed E-state index contributed by atoms with van der Waals surface area (Å²) in [6, 6.07) is 14.6. The second kappa shape index (κ2) is 9.28. The molecule has 3 rings (SSSR count). The molecule has 0 bridgehead atoms. The van der Waals surface area contributed by atoms with Crippen LogP contribution >= 0.6 is 23.8 Å². The number of benzene rings is 2. The number of halogens is 2. The molecule has 2 aromatic rings. The SMILES string of the molecule is Fc1ccc(NC(=S)N[C@H](CN2CCOCC2)c2ccccc2)cc1Cl. The highest BCUT2D eigenvalue weighted by Crippen LogP contribution is 2.20. The zero-order chi connectivity index (χ0) is 18.4. The monoisotopic (exact) mass is 393 g/mol. The Balaban J connectivity index is 1.67.